The molecule has 0 radical (unpaired) electrons. The van der Waals surface area contributed by atoms with Crippen LogP contribution in [0.25, 0.3) is 0 Å². The summed E-state index contributed by atoms with van der Waals surface area (Å²) in [6.07, 6.45) is 0.298. The molecule has 1 amide bonds. The van der Waals surface area contributed by atoms with E-state index in [-0.39, 0.29) is 17.3 Å². The summed E-state index contributed by atoms with van der Waals surface area (Å²) in [5.74, 6) is -0.379. The maximum atomic E-state index is 13.5. The maximum absolute atomic E-state index is 13.5. The Bertz CT molecular complexity index is 1240. The smallest absolute Gasteiger partial charge is 0.244 e. The highest BCUT2D eigenvalue weighted by atomic mass is 35.5. The van der Waals surface area contributed by atoms with Gasteiger partial charge in [-0.2, -0.15) is 4.31 Å². The molecule has 0 saturated heterocycles. The Balaban J connectivity index is 1.73. The molecule has 0 spiro atoms. The average molecular weight is 455 g/mol. The van der Waals surface area contributed by atoms with Crippen molar-refractivity contribution in [1.82, 2.24) is 4.31 Å². The van der Waals surface area contributed by atoms with Gasteiger partial charge in [0.05, 0.1) is 4.90 Å². The lowest BCUT2D eigenvalue weighted by atomic mass is 9.95. The number of aryl methyl sites for hydroxylation is 1. The van der Waals surface area contributed by atoms with Crippen LogP contribution in [0.1, 0.15) is 22.3 Å². The van der Waals surface area contributed by atoms with Crippen molar-refractivity contribution in [3.63, 3.8) is 0 Å². The van der Waals surface area contributed by atoms with Gasteiger partial charge >= 0.3 is 0 Å². The third-order valence-corrected chi connectivity index (χ3v) is 7.94. The van der Waals surface area contributed by atoms with Crippen LogP contribution >= 0.6 is 11.6 Å². The van der Waals surface area contributed by atoms with E-state index in [1.165, 1.54) is 4.31 Å². The molecule has 0 unspecified atom stereocenters. The van der Waals surface area contributed by atoms with Crippen molar-refractivity contribution in [2.45, 2.75) is 37.8 Å². The average Bonchev–Trinajstić information content (AvgIpc) is 2.76. The molecule has 7 heteroatoms. The third kappa shape index (κ3) is 4.24. The van der Waals surface area contributed by atoms with Crippen LogP contribution < -0.4 is 5.32 Å². The van der Waals surface area contributed by atoms with Crippen molar-refractivity contribution >= 4 is 33.2 Å². The van der Waals surface area contributed by atoms with Crippen LogP contribution in [0, 0.1) is 13.8 Å². The lowest BCUT2D eigenvalue weighted by Gasteiger charge is -2.35. The summed E-state index contributed by atoms with van der Waals surface area (Å²) < 4.78 is 28.3. The molecular weight excluding hydrogens is 432 g/mol. The summed E-state index contributed by atoms with van der Waals surface area (Å²) in [5.41, 5.74) is 4.15. The minimum atomic E-state index is -3.88. The van der Waals surface area contributed by atoms with Crippen molar-refractivity contribution in [3.05, 3.63) is 94.0 Å². The van der Waals surface area contributed by atoms with Gasteiger partial charge in [-0.3, -0.25) is 4.79 Å². The molecule has 0 bridgehead atoms. The van der Waals surface area contributed by atoms with E-state index in [1.54, 1.807) is 42.5 Å². The van der Waals surface area contributed by atoms with Crippen LogP contribution in [0.3, 0.4) is 0 Å². The first-order chi connectivity index (χ1) is 14.8. The fourth-order valence-corrected chi connectivity index (χ4v) is 5.52. The van der Waals surface area contributed by atoms with Crippen molar-refractivity contribution in [1.29, 1.82) is 0 Å². The maximum Gasteiger partial charge on any atom is 0.244 e. The SMILES string of the molecule is Cc1ccc(S(=O)(=O)N2Cc3ccccc3C[C@H]2C(=O)Nc2cccc(Cl)c2C)cc1. The highest BCUT2D eigenvalue weighted by Gasteiger charge is 2.39. The van der Waals surface area contributed by atoms with Crippen LogP contribution in [-0.4, -0.2) is 24.7 Å². The van der Waals surface area contributed by atoms with E-state index in [2.05, 4.69) is 5.32 Å². The first-order valence-corrected chi connectivity index (χ1v) is 11.8. The predicted molar refractivity (Wildman–Crippen MR) is 123 cm³/mol. The molecule has 0 saturated carbocycles. The predicted octanol–water partition coefficient (Wildman–Crippen LogP) is 4.71. The molecule has 5 nitrogen and oxygen atoms in total. The number of anilines is 1. The molecule has 1 atom stereocenters. The van der Waals surface area contributed by atoms with Crippen LogP contribution in [0.5, 0.6) is 0 Å². The number of sulfonamides is 1. The number of carbonyl (C=O) groups is 1. The van der Waals surface area contributed by atoms with Gasteiger partial charge in [0.1, 0.15) is 6.04 Å². The third-order valence-electron chi connectivity index (χ3n) is 5.66. The standard InChI is InChI=1S/C24H23ClN2O3S/c1-16-10-12-20(13-11-16)31(29,30)27-15-19-7-4-3-6-18(19)14-23(27)24(28)26-22-9-5-8-21(25)17(22)2/h3-13,23H,14-15H2,1-2H3,(H,26,28)/t23-/m0/s1. The van der Waals surface area contributed by atoms with E-state index in [1.807, 2.05) is 38.1 Å². The molecule has 0 fully saturated rings. The van der Waals surface area contributed by atoms with Gasteiger partial charge in [-0.1, -0.05) is 59.6 Å². The van der Waals surface area contributed by atoms with E-state index in [0.29, 0.717) is 17.1 Å². The molecule has 4 rings (SSSR count). The van der Waals surface area contributed by atoms with Gasteiger partial charge in [-0.05, 0) is 61.2 Å². The van der Waals surface area contributed by atoms with E-state index in [9.17, 15) is 13.2 Å². The second-order valence-corrected chi connectivity index (χ2v) is 10.1. The number of nitrogens with one attached hydrogen (secondary N) is 1. The second kappa shape index (κ2) is 8.46. The van der Waals surface area contributed by atoms with Gasteiger partial charge in [-0.25, -0.2) is 8.42 Å². The summed E-state index contributed by atoms with van der Waals surface area (Å²) in [6.45, 7) is 3.85. The molecule has 3 aromatic rings. The lowest BCUT2D eigenvalue weighted by molar-refractivity contribution is -0.120. The largest absolute Gasteiger partial charge is 0.324 e. The Morgan fingerprint density at radius 3 is 2.35 bits per heavy atom. The normalized spacial score (nSPS) is 16.5. The molecule has 31 heavy (non-hydrogen) atoms. The molecular formula is C24H23ClN2O3S. The zero-order valence-corrected chi connectivity index (χ0v) is 18.9. The number of benzene rings is 3. The molecule has 1 aliphatic heterocycles. The number of rotatable bonds is 4. The molecule has 3 aromatic carbocycles. The molecule has 0 aromatic heterocycles. The van der Waals surface area contributed by atoms with E-state index in [0.717, 1.165) is 22.3 Å². The number of hydrogen-bond acceptors (Lipinski definition) is 3. The first-order valence-electron chi connectivity index (χ1n) is 9.98. The molecule has 1 heterocycles. The summed E-state index contributed by atoms with van der Waals surface area (Å²) >= 11 is 6.19. The van der Waals surface area contributed by atoms with Crippen LogP contribution in [0.2, 0.25) is 5.02 Å². The van der Waals surface area contributed by atoms with Gasteiger partial charge in [-0.15, -0.1) is 0 Å². The second-order valence-electron chi connectivity index (χ2n) is 7.75. The molecule has 160 valence electrons. The Morgan fingerprint density at radius 2 is 1.65 bits per heavy atom. The zero-order valence-electron chi connectivity index (χ0n) is 17.3. The Kier molecular flexibility index (Phi) is 5.88. The van der Waals surface area contributed by atoms with Crippen LogP contribution in [0.4, 0.5) is 5.69 Å². The van der Waals surface area contributed by atoms with Gasteiger partial charge in [0, 0.05) is 17.3 Å². The Hall–Kier alpha value is -2.67. The quantitative estimate of drug-likeness (QED) is 0.620. The number of amides is 1. The fourth-order valence-electron chi connectivity index (χ4n) is 3.78. The molecule has 1 aliphatic rings. The summed E-state index contributed by atoms with van der Waals surface area (Å²) in [4.78, 5) is 13.5. The molecule has 1 N–H and O–H groups in total. The lowest BCUT2D eigenvalue weighted by Crippen LogP contribution is -2.50. The minimum Gasteiger partial charge on any atom is -0.324 e. The summed E-state index contributed by atoms with van der Waals surface area (Å²) in [7, 11) is -3.88. The first kappa shape index (κ1) is 21.6. The minimum absolute atomic E-state index is 0.138. The Morgan fingerprint density at radius 1 is 0.968 bits per heavy atom. The number of fused-ring (bicyclic) bond motifs is 1. The zero-order chi connectivity index (χ0) is 22.2. The number of hydrogen-bond donors (Lipinski definition) is 1. The topological polar surface area (TPSA) is 66.5 Å². The number of carbonyl (C=O) groups excluding carboxylic acids is 1. The van der Waals surface area contributed by atoms with E-state index < -0.39 is 16.1 Å². The van der Waals surface area contributed by atoms with Crippen molar-refractivity contribution in [2.24, 2.45) is 0 Å². The summed E-state index contributed by atoms with van der Waals surface area (Å²) in [6, 6.07) is 18.7. The van der Waals surface area contributed by atoms with Crippen LogP contribution in [-0.2, 0) is 27.8 Å². The van der Waals surface area contributed by atoms with Crippen molar-refractivity contribution in [3.8, 4) is 0 Å². The number of halogens is 1. The fraction of sp³-hybridized carbons (Fsp3) is 0.208. The number of nitrogens with zero attached hydrogens (tertiary/aromatic N) is 1. The van der Waals surface area contributed by atoms with E-state index >= 15 is 0 Å². The van der Waals surface area contributed by atoms with Gasteiger partial charge in [0.15, 0.2) is 0 Å². The Labute approximate surface area is 187 Å². The summed E-state index contributed by atoms with van der Waals surface area (Å²) in [5, 5.41) is 3.42. The van der Waals surface area contributed by atoms with Crippen molar-refractivity contribution in [2.75, 3.05) is 5.32 Å². The van der Waals surface area contributed by atoms with E-state index in [4.69, 9.17) is 11.6 Å². The molecule has 0 aliphatic carbocycles. The van der Waals surface area contributed by atoms with Gasteiger partial charge < -0.3 is 5.32 Å². The highest BCUT2D eigenvalue weighted by Crippen LogP contribution is 2.31. The van der Waals surface area contributed by atoms with Crippen LogP contribution in [0.15, 0.2) is 71.6 Å². The monoisotopic (exact) mass is 454 g/mol. The van der Waals surface area contributed by atoms with Gasteiger partial charge in [0.2, 0.25) is 15.9 Å². The van der Waals surface area contributed by atoms with Gasteiger partial charge in [0.25, 0.3) is 0 Å². The van der Waals surface area contributed by atoms with Crippen molar-refractivity contribution < 1.29 is 13.2 Å². The highest BCUT2D eigenvalue weighted by molar-refractivity contribution is 7.89.